The molecule has 1 aliphatic rings. The van der Waals surface area contributed by atoms with Crippen LogP contribution < -0.4 is 10.2 Å². The average Bonchev–Trinajstić information content (AvgIpc) is 3.08. The van der Waals surface area contributed by atoms with Crippen molar-refractivity contribution in [2.45, 2.75) is 11.8 Å². The first-order valence-electron chi connectivity index (χ1n) is 8.31. The summed E-state index contributed by atoms with van der Waals surface area (Å²) in [4.78, 5) is 6.94. The minimum absolute atomic E-state index is 0.268. The van der Waals surface area contributed by atoms with Crippen LogP contribution in [0.1, 0.15) is 5.56 Å². The molecule has 0 unspecified atom stereocenters. The molecule has 0 bridgehead atoms. The van der Waals surface area contributed by atoms with E-state index >= 15 is 0 Å². The highest BCUT2D eigenvalue weighted by Gasteiger charge is 2.22. The Kier molecular flexibility index (Phi) is 3.97. The Morgan fingerprint density at radius 2 is 1.76 bits per heavy atom. The first-order chi connectivity index (χ1) is 12.1. The summed E-state index contributed by atoms with van der Waals surface area (Å²) in [5.41, 5.74) is 3.34. The van der Waals surface area contributed by atoms with E-state index in [1.165, 1.54) is 10.3 Å². The third-order valence-corrected chi connectivity index (χ3v) is 6.23. The molecule has 2 heterocycles. The zero-order valence-corrected chi connectivity index (χ0v) is 14.8. The second-order valence-corrected chi connectivity index (χ2v) is 8.06. The summed E-state index contributed by atoms with van der Waals surface area (Å²) in [6, 6.07) is 12.6. The summed E-state index contributed by atoms with van der Waals surface area (Å²) in [5.74, 6) is 0. The highest BCUT2D eigenvalue weighted by molar-refractivity contribution is 7.90. The number of piperazine rings is 1. The number of hydrogen-bond donors (Lipinski definition) is 1. The van der Waals surface area contributed by atoms with Crippen LogP contribution in [0.5, 0.6) is 0 Å². The summed E-state index contributed by atoms with van der Waals surface area (Å²) in [5, 5.41) is 3.32. The fourth-order valence-corrected chi connectivity index (χ4v) is 4.46. The standard InChI is InChI=1S/C18H20N4O2S/c1-14-5-7-15(8-6-14)25(23,24)22-13-20-18-16(3-2-4-17(18)22)21-11-9-19-10-12-21/h2-8,13,19H,9-12H2,1H3. The molecule has 3 aromatic rings. The number of aromatic nitrogens is 2. The van der Waals surface area contributed by atoms with Gasteiger partial charge >= 0.3 is 0 Å². The van der Waals surface area contributed by atoms with Crippen molar-refractivity contribution in [3.63, 3.8) is 0 Å². The van der Waals surface area contributed by atoms with Gasteiger partial charge < -0.3 is 10.2 Å². The summed E-state index contributed by atoms with van der Waals surface area (Å²) in [6.45, 7) is 5.54. The Morgan fingerprint density at radius 3 is 2.48 bits per heavy atom. The molecule has 1 aromatic heterocycles. The Labute approximate surface area is 147 Å². The number of para-hydroxylation sites is 1. The van der Waals surface area contributed by atoms with Gasteiger partial charge in [0.05, 0.1) is 16.1 Å². The van der Waals surface area contributed by atoms with Crippen LogP contribution in [0.4, 0.5) is 5.69 Å². The van der Waals surface area contributed by atoms with Crippen LogP contribution in [0.25, 0.3) is 11.0 Å². The molecule has 0 spiro atoms. The number of rotatable bonds is 3. The number of benzene rings is 2. The van der Waals surface area contributed by atoms with Gasteiger partial charge in [-0.3, -0.25) is 0 Å². The highest BCUT2D eigenvalue weighted by atomic mass is 32.2. The van der Waals surface area contributed by atoms with Crippen LogP contribution in [0.15, 0.2) is 53.7 Å². The first-order valence-corrected chi connectivity index (χ1v) is 9.75. The van der Waals surface area contributed by atoms with E-state index in [0.29, 0.717) is 5.52 Å². The van der Waals surface area contributed by atoms with E-state index in [1.54, 1.807) is 30.3 Å². The van der Waals surface area contributed by atoms with Crippen LogP contribution in [0.3, 0.4) is 0 Å². The molecule has 0 amide bonds. The van der Waals surface area contributed by atoms with E-state index in [2.05, 4.69) is 15.2 Å². The largest absolute Gasteiger partial charge is 0.367 e. The molecule has 130 valence electrons. The molecular weight excluding hydrogens is 336 g/mol. The molecule has 1 saturated heterocycles. The molecule has 0 aliphatic carbocycles. The van der Waals surface area contributed by atoms with E-state index in [-0.39, 0.29) is 4.90 Å². The van der Waals surface area contributed by atoms with Gasteiger partial charge in [-0.15, -0.1) is 0 Å². The number of nitrogens with zero attached hydrogens (tertiary/aromatic N) is 3. The molecule has 25 heavy (non-hydrogen) atoms. The van der Waals surface area contributed by atoms with Gasteiger partial charge in [-0.25, -0.2) is 17.4 Å². The van der Waals surface area contributed by atoms with Crippen LogP contribution in [0, 0.1) is 6.92 Å². The molecule has 1 fully saturated rings. The third kappa shape index (κ3) is 2.79. The smallest absolute Gasteiger partial charge is 0.269 e. The fourth-order valence-electron chi connectivity index (χ4n) is 3.18. The second-order valence-electron chi connectivity index (χ2n) is 6.24. The van der Waals surface area contributed by atoms with Crippen molar-refractivity contribution in [3.05, 3.63) is 54.4 Å². The number of hydrogen-bond acceptors (Lipinski definition) is 5. The SMILES string of the molecule is Cc1ccc(S(=O)(=O)n2cnc3c(N4CCNCC4)cccc32)cc1. The minimum atomic E-state index is -3.66. The number of fused-ring (bicyclic) bond motifs is 1. The van der Waals surface area contributed by atoms with Gasteiger partial charge in [0.2, 0.25) is 0 Å². The first kappa shape index (κ1) is 16.1. The Balaban J connectivity index is 1.82. The van der Waals surface area contributed by atoms with E-state index in [9.17, 15) is 8.42 Å². The van der Waals surface area contributed by atoms with Crippen molar-refractivity contribution < 1.29 is 8.42 Å². The molecule has 6 nitrogen and oxygen atoms in total. The number of imidazole rings is 1. The zero-order valence-electron chi connectivity index (χ0n) is 14.0. The van der Waals surface area contributed by atoms with Gasteiger partial charge in [0.25, 0.3) is 10.0 Å². The highest BCUT2D eigenvalue weighted by Crippen LogP contribution is 2.28. The molecular formula is C18H20N4O2S. The lowest BCUT2D eigenvalue weighted by atomic mass is 10.2. The van der Waals surface area contributed by atoms with E-state index in [1.807, 2.05) is 19.1 Å². The summed E-state index contributed by atoms with van der Waals surface area (Å²) in [6.07, 6.45) is 1.41. The Bertz CT molecular complexity index is 1000. The summed E-state index contributed by atoms with van der Waals surface area (Å²) in [7, 11) is -3.66. The summed E-state index contributed by atoms with van der Waals surface area (Å²) < 4.78 is 27.3. The normalized spacial score (nSPS) is 15.6. The molecule has 7 heteroatoms. The predicted octanol–water partition coefficient (Wildman–Crippen LogP) is 1.99. The van der Waals surface area contributed by atoms with Crippen molar-refractivity contribution in [2.24, 2.45) is 0 Å². The van der Waals surface area contributed by atoms with Crippen LogP contribution in [-0.2, 0) is 10.0 Å². The molecule has 2 aromatic carbocycles. The molecule has 0 atom stereocenters. The topological polar surface area (TPSA) is 67.2 Å². The Hall–Kier alpha value is -2.38. The summed E-state index contributed by atoms with van der Waals surface area (Å²) >= 11 is 0. The third-order valence-electron chi connectivity index (χ3n) is 4.56. The second kappa shape index (κ2) is 6.16. The molecule has 4 rings (SSSR count). The lowest BCUT2D eigenvalue weighted by Gasteiger charge is -2.29. The maximum atomic E-state index is 13.0. The lowest BCUT2D eigenvalue weighted by molar-refractivity contribution is 0.588. The van der Waals surface area contributed by atoms with Gasteiger partial charge in [0, 0.05) is 26.2 Å². The van der Waals surface area contributed by atoms with E-state index in [4.69, 9.17) is 0 Å². The number of anilines is 1. The van der Waals surface area contributed by atoms with Gasteiger partial charge in [0.1, 0.15) is 11.8 Å². The van der Waals surface area contributed by atoms with Gasteiger partial charge in [0.15, 0.2) is 0 Å². The van der Waals surface area contributed by atoms with Crippen LogP contribution >= 0.6 is 0 Å². The molecule has 1 N–H and O–H groups in total. The maximum Gasteiger partial charge on any atom is 0.269 e. The van der Waals surface area contributed by atoms with Crippen molar-refractivity contribution in [3.8, 4) is 0 Å². The van der Waals surface area contributed by atoms with E-state index < -0.39 is 10.0 Å². The fraction of sp³-hybridized carbons (Fsp3) is 0.278. The van der Waals surface area contributed by atoms with Crippen molar-refractivity contribution in [1.29, 1.82) is 0 Å². The van der Waals surface area contributed by atoms with Crippen molar-refractivity contribution in [1.82, 2.24) is 14.3 Å². The molecule has 0 radical (unpaired) electrons. The number of aryl methyl sites for hydroxylation is 1. The Morgan fingerprint density at radius 1 is 1.04 bits per heavy atom. The van der Waals surface area contributed by atoms with Crippen molar-refractivity contribution in [2.75, 3.05) is 31.1 Å². The molecule has 1 aliphatic heterocycles. The van der Waals surface area contributed by atoms with Crippen LogP contribution in [-0.4, -0.2) is 43.6 Å². The number of nitrogens with one attached hydrogen (secondary N) is 1. The average molecular weight is 356 g/mol. The zero-order chi connectivity index (χ0) is 17.4. The van der Waals surface area contributed by atoms with Gasteiger partial charge in [-0.05, 0) is 31.2 Å². The maximum absolute atomic E-state index is 13.0. The van der Waals surface area contributed by atoms with Gasteiger partial charge in [-0.1, -0.05) is 23.8 Å². The van der Waals surface area contributed by atoms with Crippen LogP contribution in [0.2, 0.25) is 0 Å². The minimum Gasteiger partial charge on any atom is -0.367 e. The van der Waals surface area contributed by atoms with Gasteiger partial charge in [-0.2, -0.15) is 0 Å². The predicted molar refractivity (Wildman–Crippen MR) is 98.6 cm³/mol. The molecule has 0 saturated carbocycles. The van der Waals surface area contributed by atoms with E-state index in [0.717, 1.165) is 42.9 Å². The monoisotopic (exact) mass is 356 g/mol. The lowest BCUT2D eigenvalue weighted by Crippen LogP contribution is -2.43. The quantitative estimate of drug-likeness (QED) is 0.777. The van der Waals surface area contributed by atoms with Crippen molar-refractivity contribution >= 4 is 26.7 Å².